The molecule has 0 bridgehead atoms. The van der Waals surface area contributed by atoms with Gasteiger partial charge >= 0.3 is 5.69 Å². The molecule has 1 aromatic heterocycles. The van der Waals surface area contributed by atoms with E-state index >= 15 is 0 Å². The van der Waals surface area contributed by atoms with Gasteiger partial charge in [-0.1, -0.05) is 0 Å². The first kappa shape index (κ1) is 16.2. The molecule has 1 aliphatic heterocycles. The first-order chi connectivity index (χ1) is 10.8. The smallest absolute Gasteiger partial charge is 0.317 e. The molecular weight excluding hydrogens is 316 g/mol. The minimum Gasteiger partial charge on any atom is -0.317 e. The van der Waals surface area contributed by atoms with Crippen molar-refractivity contribution < 1.29 is 8.42 Å². The van der Waals surface area contributed by atoms with Crippen LogP contribution < -0.4 is 11.0 Å². The quantitative estimate of drug-likeness (QED) is 0.870. The Hall–Kier alpha value is -1.64. The molecule has 0 spiro atoms. The van der Waals surface area contributed by atoms with Crippen molar-refractivity contribution in [3.63, 3.8) is 0 Å². The third-order valence-corrected chi connectivity index (χ3v) is 6.65. The fourth-order valence-electron chi connectivity index (χ4n) is 3.18. The number of nitrogens with one attached hydrogen (secondary N) is 1. The molecule has 126 valence electrons. The predicted octanol–water partition coefficient (Wildman–Crippen LogP) is 0.250. The van der Waals surface area contributed by atoms with Crippen LogP contribution in [-0.2, 0) is 24.1 Å². The molecule has 0 saturated carbocycles. The zero-order valence-electron chi connectivity index (χ0n) is 13.6. The molecule has 2 aromatic rings. The van der Waals surface area contributed by atoms with Crippen LogP contribution in [-0.4, -0.2) is 48.0 Å². The van der Waals surface area contributed by atoms with E-state index in [0.29, 0.717) is 5.52 Å². The molecule has 8 heteroatoms. The Bertz CT molecular complexity index is 891. The first-order valence-electron chi connectivity index (χ1n) is 7.68. The Morgan fingerprint density at radius 1 is 1.13 bits per heavy atom. The maximum absolute atomic E-state index is 12.9. The van der Waals surface area contributed by atoms with Gasteiger partial charge in [-0.15, -0.1) is 0 Å². The topological polar surface area (TPSA) is 76.3 Å². The van der Waals surface area contributed by atoms with Crippen LogP contribution in [0.15, 0.2) is 27.9 Å². The molecule has 3 rings (SSSR count). The molecule has 0 unspecified atom stereocenters. The highest BCUT2D eigenvalue weighted by Crippen LogP contribution is 2.23. The summed E-state index contributed by atoms with van der Waals surface area (Å²) in [4.78, 5) is 12.2. The van der Waals surface area contributed by atoms with E-state index in [0.717, 1.165) is 31.4 Å². The van der Waals surface area contributed by atoms with Gasteiger partial charge in [-0.25, -0.2) is 13.2 Å². The number of benzene rings is 1. The Morgan fingerprint density at radius 3 is 2.39 bits per heavy atom. The summed E-state index contributed by atoms with van der Waals surface area (Å²) >= 11 is 0. The van der Waals surface area contributed by atoms with Crippen LogP contribution in [0.3, 0.4) is 0 Å². The summed E-state index contributed by atoms with van der Waals surface area (Å²) in [6.45, 7) is 1.66. The number of aryl methyl sites for hydroxylation is 2. The number of piperidine rings is 1. The molecule has 1 saturated heterocycles. The molecule has 2 heterocycles. The van der Waals surface area contributed by atoms with Gasteiger partial charge in [0, 0.05) is 27.2 Å². The molecule has 1 N–H and O–H groups in total. The van der Waals surface area contributed by atoms with Crippen LogP contribution in [0.5, 0.6) is 0 Å². The molecule has 1 aromatic carbocycles. The highest BCUT2D eigenvalue weighted by atomic mass is 32.2. The van der Waals surface area contributed by atoms with Gasteiger partial charge in [0.15, 0.2) is 0 Å². The van der Waals surface area contributed by atoms with E-state index in [1.165, 1.54) is 13.4 Å². The lowest BCUT2D eigenvalue weighted by molar-refractivity contribution is 0.296. The molecule has 1 aliphatic rings. The monoisotopic (exact) mass is 338 g/mol. The van der Waals surface area contributed by atoms with Crippen LogP contribution >= 0.6 is 0 Å². The second-order valence-corrected chi connectivity index (χ2v) is 8.05. The van der Waals surface area contributed by atoms with Gasteiger partial charge < -0.3 is 5.32 Å². The summed E-state index contributed by atoms with van der Waals surface area (Å²) in [5.74, 6) is 0. The van der Waals surface area contributed by atoms with E-state index in [2.05, 4.69) is 5.32 Å². The molecule has 0 radical (unpaired) electrons. The lowest BCUT2D eigenvalue weighted by atomic mass is 10.1. The fraction of sp³-hybridized carbons (Fsp3) is 0.533. The van der Waals surface area contributed by atoms with Crippen molar-refractivity contribution >= 4 is 21.1 Å². The number of rotatable bonds is 3. The first-order valence-corrected chi connectivity index (χ1v) is 9.12. The minimum absolute atomic E-state index is 0.0107. The van der Waals surface area contributed by atoms with E-state index < -0.39 is 10.0 Å². The summed E-state index contributed by atoms with van der Waals surface area (Å²) in [6.07, 6.45) is 1.61. The van der Waals surface area contributed by atoms with Gasteiger partial charge in [-0.2, -0.15) is 4.31 Å². The Kier molecular flexibility index (Phi) is 4.07. The number of fused-ring (bicyclic) bond motifs is 1. The normalized spacial score (nSPS) is 17.2. The van der Waals surface area contributed by atoms with E-state index in [1.807, 2.05) is 0 Å². The van der Waals surface area contributed by atoms with E-state index in [1.54, 1.807) is 39.3 Å². The van der Waals surface area contributed by atoms with Crippen LogP contribution in [0.1, 0.15) is 12.8 Å². The number of imidazole rings is 1. The van der Waals surface area contributed by atoms with Crippen LogP contribution in [0.25, 0.3) is 11.0 Å². The van der Waals surface area contributed by atoms with Crippen LogP contribution in [0.4, 0.5) is 0 Å². The number of hydrogen-bond donors (Lipinski definition) is 1. The second-order valence-electron chi connectivity index (χ2n) is 6.05. The lowest BCUT2D eigenvalue weighted by Gasteiger charge is -2.30. The zero-order valence-corrected chi connectivity index (χ0v) is 14.4. The number of nitrogens with zero attached hydrogens (tertiary/aromatic N) is 3. The van der Waals surface area contributed by atoms with Crippen molar-refractivity contribution in [1.29, 1.82) is 0 Å². The van der Waals surface area contributed by atoms with Gasteiger partial charge in [0.25, 0.3) is 0 Å². The molecule has 23 heavy (non-hydrogen) atoms. The summed E-state index contributed by atoms with van der Waals surface area (Å²) < 4.78 is 30.2. The lowest BCUT2D eigenvalue weighted by Crippen LogP contribution is -2.43. The van der Waals surface area contributed by atoms with Gasteiger partial charge in [-0.05, 0) is 44.1 Å². The molecule has 1 fully saturated rings. The van der Waals surface area contributed by atoms with Gasteiger partial charge in [0.05, 0.1) is 15.9 Å². The van der Waals surface area contributed by atoms with E-state index in [9.17, 15) is 13.2 Å². The SMILES string of the molecule is CN(C1CCNCC1)S(=O)(=O)c1ccc2c(c1)n(C)c(=O)n2C. The largest absolute Gasteiger partial charge is 0.328 e. The number of aromatic nitrogens is 2. The third-order valence-electron chi connectivity index (χ3n) is 4.74. The summed E-state index contributed by atoms with van der Waals surface area (Å²) in [5, 5.41) is 3.24. The van der Waals surface area contributed by atoms with Gasteiger partial charge in [0.2, 0.25) is 10.0 Å². The Balaban J connectivity index is 2.04. The van der Waals surface area contributed by atoms with Crippen molar-refractivity contribution in [2.24, 2.45) is 14.1 Å². The summed E-state index contributed by atoms with van der Waals surface area (Å²) in [7, 11) is 1.40. The Labute approximate surface area is 135 Å². The standard InChI is InChI=1S/C15H22N4O3S/c1-17-13-5-4-12(10-14(13)18(2)15(17)20)23(21,22)19(3)11-6-8-16-9-7-11/h4-5,10-11,16H,6-9H2,1-3H3. The maximum Gasteiger partial charge on any atom is 0.328 e. The summed E-state index contributed by atoms with van der Waals surface area (Å²) in [5.41, 5.74) is 1.18. The highest BCUT2D eigenvalue weighted by molar-refractivity contribution is 7.89. The zero-order chi connectivity index (χ0) is 16.8. The molecular formula is C15H22N4O3S. The van der Waals surface area contributed by atoms with E-state index in [-0.39, 0.29) is 16.6 Å². The van der Waals surface area contributed by atoms with E-state index in [4.69, 9.17) is 0 Å². The number of hydrogen-bond acceptors (Lipinski definition) is 4. The highest BCUT2D eigenvalue weighted by Gasteiger charge is 2.29. The molecule has 0 atom stereocenters. The average Bonchev–Trinajstić information content (AvgIpc) is 2.79. The maximum atomic E-state index is 12.9. The molecule has 0 aliphatic carbocycles. The van der Waals surface area contributed by atoms with Crippen molar-refractivity contribution in [2.45, 2.75) is 23.8 Å². The van der Waals surface area contributed by atoms with Crippen molar-refractivity contribution in [3.8, 4) is 0 Å². The van der Waals surface area contributed by atoms with Crippen LogP contribution in [0.2, 0.25) is 0 Å². The van der Waals surface area contributed by atoms with Crippen LogP contribution in [0, 0.1) is 0 Å². The average molecular weight is 338 g/mol. The van der Waals surface area contributed by atoms with Crippen molar-refractivity contribution in [3.05, 3.63) is 28.7 Å². The molecule has 0 amide bonds. The fourth-order valence-corrected chi connectivity index (χ4v) is 4.62. The molecule has 7 nitrogen and oxygen atoms in total. The third kappa shape index (κ3) is 2.60. The Morgan fingerprint density at radius 2 is 1.74 bits per heavy atom. The van der Waals surface area contributed by atoms with Crippen molar-refractivity contribution in [1.82, 2.24) is 18.8 Å². The summed E-state index contributed by atoms with van der Waals surface area (Å²) in [6, 6.07) is 4.87. The predicted molar refractivity (Wildman–Crippen MR) is 89.0 cm³/mol. The minimum atomic E-state index is -3.57. The van der Waals surface area contributed by atoms with Gasteiger partial charge in [-0.3, -0.25) is 9.13 Å². The second kappa shape index (κ2) is 5.77. The number of sulfonamides is 1. The van der Waals surface area contributed by atoms with Gasteiger partial charge in [0.1, 0.15) is 0 Å². The van der Waals surface area contributed by atoms with Crippen molar-refractivity contribution in [2.75, 3.05) is 20.1 Å².